The molecule has 7 atom stereocenters. The molecule has 5 N–H and O–H groups in total. The first kappa shape index (κ1) is 27.7. The highest BCUT2D eigenvalue weighted by Gasteiger charge is 2.48. The fourth-order valence-corrected chi connectivity index (χ4v) is 4.22. The van der Waals surface area contributed by atoms with Gasteiger partial charge < -0.3 is 44.5 Å². The quantitative estimate of drug-likeness (QED) is 0.233. The van der Waals surface area contributed by atoms with Gasteiger partial charge in [0.1, 0.15) is 30.7 Å². The number of carbonyl (C=O) groups is 2. The van der Waals surface area contributed by atoms with Crippen molar-refractivity contribution in [1.29, 1.82) is 0 Å². The average molecular weight is 531 g/mol. The summed E-state index contributed by atoms with van der Waals surface area (Å²) in [5.41, 5.74) is -1.65. The lowest BCUT2D eigenvalue weighted by Crippen LogP contribution is -2.61. The second-order valence-corrected chi connectivity index (χ2v) is 9.07. The van der Waals surface area contributed by atoms with Gasteiger partial charge in [-0.2, -0.15) is 0 Å². The van der Waals surface area contributed by atoms with Crippen LogP contribution in [0.15, 0.2) is 66.7 Å². The zero-order valence-electron chi connectivity index (χ0n) is 20.3. The van der Waals surface area contributed by atoms with Crippen LogP contribution in [0.4, 0.5) is 0 Å². The highest BCUT2D eigenvalue weighted by atomic mass is 16.7. The zero-order valence-corrected chi connectivity index (χ0v) is 20.3. The van der Waals surface area contributed by atoms with Gasteiger partial charge in [0.15, 0.2) is 6.10 Å². The summed E-state index contributed by atoms with van der Waals surface area (Å²) in [6.07, 6.45) is -5.22. The van der Waals surface area contributed by atoms with Gasteiger partial charge in [-0.05, 0) is 37.1 Å². The monoisotopic (exact) mass is 530 g/mol. The highest BCUT2D eigenvalue weighted by molar-refractivity contribution is 5.89. The van der Waals surface area contributed by atoms with Crippen molar-refractivity contribution >= 4 is 11.9 Å². The molecule has 0 unspecified atom stereocenters. The van der Waals surface area contributed by atoms with Crippen LogP contribution in [0.5, 0.6) is 5.75 Å². The van der Waals surface area contributed by atoms with Crippen LogP contribution in [-0.4, -0.2) is 86.5 Å². The van der Waals surface area contributed by atoms with Crippen molar-refractivity contribution in [3.8, 4) is 5.75 Å². The first-order valence-corrected chi connectivity index (χ1v) is 12.1. The number of allylic oxidation sites excluding steroid dienone is 1. The smallest absolute Gasteiger partial charge is 0.345 e. The van der Waals surface area contributed by atoms with Crippen LogP contribution in [-0.2, 0) is 25.6 Å². The molecule has 204 valence electrons. The second kappa shape index (κ2) is 12.0. The first-order chi connectivity index (χ1) is 18.2. The van der Waals surface area contributed by atoms with Crippen molar-refractivity contribution in [2.45, 2.75) is 61.9 Å². The van der Waals surface area contributed by atoms with Gasteiger partial charge in [0, 0.05) is 5.56 Å². The van der Waals surface area contributed by atoms with E-state index in [0.29, 0.717) is 12.0 Å². The lowest BCUT2D eigenvalue weighted by atomic mass is 9.88. The Labute approximate surface area is 218 Å². The van der Waals surface area contributed by atoms with Crippen LogP contribution in [0.1, 0.15) is 28.8 Å². The van der Waals surface area contributed by atoms with E-state index in [1.807, 2.05) is 0 Å². The largest absolute Gasteiger partial charge is 0.460 e. The van der Waals surface area contributed by atoms with Crippen LogP contribution >= 0.6 is 0 Å². The third-order valence-corrected chi connectivity index (χ3v) is 6.47. The van der Waals surface area contributed by atoms with Crippen molar-refractivity contribution in [2.75, 3.05) is 6.61 Å². The number of carbonyl (C=O) groups excluding carboxylic acids is 2. The van der Waals surface area contributed by atoms with Gasteiger partial charge in [0.25, 0.3) is 0 Å². The third kappa shape index (κ3) is 5.88. The number of hydrogen-bond donors (Lipinski definition) is 5. The Bertz CT molecular complexity index is 1140. The lowest BCUT2D eigenvalue weighted by molar-refractivity contribution is -0.276. The summed E-state index contributed by atoms with van der Waals surface area (Å²) in [5.74, 6) is -1.72. The van der Waals surface area contributed by atoms with Gasteiger partial charge in [0.2, 0.25) is 11.9 Å². The van der Waals surface area contributed by atoms with Crippen molar-refractivity contribution in [1.82, 2.24) is 0 Å². The first-order valence-electron chi connectivity index (χ1n) is 12.1. The van der Waals surface area contributed by atoms with Crippen molar-refractivity contribution in [2.24, 2.45) is 0 Å². The molecular weight excluding hydrogens is 500 g/mol. The molecule has 11 nitrogen and oxygen atoms in total. The minimum Gasteiger partial charge on any atom is -0.460 e. The predicted octanol–water partition coefficient (Wildman–Crippen LogP) is 0.215. The molecule has 0 saturated carbocycles. The van der Waals surface area contributed by atoms with Crippen LogP contribution in [0, 0.1) is 0 Å². The molecule has 2 aromatic rings. The molecule has 2 aromatic carbocycles. The average Bonchev–Trinajstić information content (AvgIpc) is 2.93. The van der Waals surface area contributed by atoms with Gasteiger partial charge in [-0.3, -0.25) is 0 Å². The van der Waals surface area contributed by atoms with E-state index in [9.17, 15) is 35.1 Å². The van der Waals surface area contributed by atoms with Gasteiger partial charge in [0.05, 0.1) is 18.3 Å². The maximum atomic E-state index is 12.7. The van der Waals surface area contributed by atoms with E-state index in [0.717, 1.165) is 0 Å². The van der Waals surface area contributed by atoms with E-state index in [1.165, 1.54) is 24.3 Å². The normalized spacial score (nSPS) is 30.9. The second-order valence-electron chi connectivity index (χ2n) is 9.07. The fourth-order valence-electron chi connectivity index (χ4n) is 4.22. The molecule has 0 amide bonds. The molecule has 0 aromatic heterocycles. The van der Waals surface area contributed by atoms with Crippen molar-refractivity contribution in [3.63, 3.8) is 0 Å². The number of esters is 2. The summed E-state index contributed by atoms with van der Waals surface area (Å²) < 4.78 is 22.3. The summed E-state index contributed by atoms with van der Waals surface area (Å²) in [7, 11) is 0. The SMILES string of the molecule is O=C(O[C@H]1[C@@H](Oc2ccccc2COC(=O)[C@]2(O)C=CCC[C@@H]2O)O[C@H](CO)[C@@H](O)[C@@H]1O)c1ccccc1. The molecule has 0 spiro atoms. The van der Waals surface area contributed by atoms with E-state index in [2.05, 4.69) is 0 Å². The predicted molar refractivity (Wildman–Crippen MR) is 130 cm³/mol. The molecule has 0 bridgehead atoms. The maximum absolute atomic E-state index is 12.7. The van der Waals surface area contributed by atoms with E-state index in [4.69, 9.17) is 18.9 Å². The van der Waals surface area contributed by atoms with Crippen LogP contribution < -0.4 is 4.74 Å². The minimum absolute atomic E-state index is 0.123. The number of rotatable bonds is 8. The molecule has 1 aliphatic carbocycles. The molecule has 1 heterocycles. The highest BCUT2D eigenvalue weighted by Crippen LogP contribution is 2.30. The molecule has 2 aliphatic rings. The van der Waals surface area contributed by atoms with Gasteiger partial charge in [-0.15, -0.1) is 0 Å². The fraction of sp³-hybridized carbons (Fsp3) is 0.407. The summed E-state index contributed by atoms with van der Waals surface area (Å²) >= 11 is 0. The van der Waals surface area contributed by atoms with Crippen LogP contribution in [0.25, 0.3) is 0 Å². The van der Waals surface area contributed by atoms with E-state index < -0.39 is 61.0 Å². The Morgan fingerprint density at radius 3 is 2.42 bits per heavy atom. The Kier molecular flexibility index (Phi) is 8.77. The lowest BCUT2D eigenvalue weighted by Gasteiger charge is -2.41. The molecule has 4 rings (SSSR count). The van der Waals surface area contributed by atoms with Crippen molar-refractivity contribution in [3.05, 3.63) is 77.9 Å². The van der Waals surface area contributed by atoms with Crippen molar-refractivity contribution < 1.29 is 54.1 Å². The molecule has 38 heavy (non-hydrogen) atoms. The Morgan fingerprint density at radius 1 is 1.00 bits per heavy atom. The van der Waals surface area contributed by atoms with Gasteiger partial charge in [-0.25, -0.2) is 9.59 Å². The van der Waals surface area contributed by atoms with E-state index in [1.54, 1.807) is 42.5 Å². The van der Waals surface area contributed by atoms with Crippen LogP contribution in [0.2, 0.25) is 0 Å². The number of hydrogen-bond acceptors (Lipinski definition) is 11. The summed E-state index contributed by atoms with van der Waals surface area (Å²) in [6.45, 7) is -1.00. The minimum atomic E-state index is -2.17. The third-order valence-electron chi connectivity index (χ3n) is 6.47. The summed E-state index contributed by atoms with van der Waals surface area (Å²) in [5, 5.41) is 51.3. The number of benzene rings is 2. The van der Waals surface area contributed by atoms with Gasteiger partial charge >= 0.3 is 11.9 Å². The molecule has 11 heteroatoms. The Morgan fingerprint density at radius 2 is 1.71 bits per heavy atom. The van der Waals surface area contributed by atoms with E-state index in [-0.39, 0.29) is 24.3 Å². The Hall–Kier alpha value is -3.32. The number of ether oxygens (including phenoxy) is 4. The maximum Gasteiger partial charge on any atom is 0.345 e. The Balaban J connectivity index is 1.52. The topological polar surface area (TPSA) is 172 Å². The molecular formula is C27H30O11. The molecule has 0 radical (unpaired) electrons. The standard InChI is InChI=1S/C27H30O11/c28-14-19-21(30)22(31)23(38-24(32)16-8-2-1-3-9-16)25(37-19)36-18-11-5-4-10-17(18)15-35-26(33)27(34)13-7-6-12-20(27)29/h1-5,7-11,13,19-23,25,28-31,34H,6,12,14-15H2/t19-,20+,21-,22+,23-,25+,27+/m1/s1. The molecule has 1 saturated heterocycles. The molecule has 1 aliphatic heterocycles. The van der Waals surface area contributed by atoms with E-state index >= 15 is 0 Å². The number of para-hydroxylation sites is 1. The summed E-state index contributed by atoms with van der Waals surface area (Å²) in [4.78, 5) is 25.3. The zero-order chi connectivity index (χ0) is 27.3. The summed E-state index contributed by atoms with van der Waals surface area (Å²) in [6, 6.07) is 14.3. The van der Waals surface area contributed by atoms with Gasteiger partial charge in [-0.1, -0.05) is 42.5 Å². The number of aliphatic hydroxyl groups is 5. The van der Waals surface area contributed by atoms with Crippen LogP contribution in [0.3, 0.4) is 0 Å². The molecule has 1 fully saturated rings. The number of aliphatic hydroxyl groups excluding tert-OH is 4.